The predicted octanol–water partition coefficient (Wildman–Crippen LogP) is 3.70. The lowest BCUT2D eigenvalue weighted by molar-refractivity contribution is 0.279. The molecule has 1 aliphatic carbocycles. The van der Waals surface area contributed by atoms with Gasteiger partial charge in [-0.3, -0.25) is 0 Å². The van der Waals surface area contributed by atoms with Gasteiger partial charge in [-0.2, -0.15) is 0 Å². The van der Waals surface area contributed by atoms with E-state index in [4.69, 9.17) is 4.42 Å². The monoisotopic (exact) mass is 234 g/mol. The summed E-state index contributed by atoms with van der Waals surface area (Å²) in [6, 6.07) is 0. The average molecular weight is 234 g/mol. The van der Waals surface area contributed by atoms with Crippen molar-refractivity contribution in [1.82, 2.24) is 0 Å². The zero-order valence-electron chi connectivity index (χ0n) is 11.0. The van der Waals surface area contributed by atoms with Gasteiger partial charge in [-0.15, -0.1) is 0 Å². The summed E-state index contributed by atoms with van der Waals surface area (Å²) in [7, 11) is 0. The van der Waals surface area contributed by atoms with Gasteiger partial charge in [0.2, 0.25) is 0 Å². The summed E-state index contributed by atoms with van der Waals surface area (Å²) in [4.78, 5) is 0. The van der Waals surface area contributed by atoms with Crippen LogP contribution in [0, 0.1) is 11.3 Å². The van der Waals surface area contributed by atoms with E-state index >= 15 is 0 Å². The largest absolute Gasteiger partial charge is 0.472 e. The van der Waals surface area contributed by atoms with Crippen LogP contribution in [0.3, 0.4) is 0 Å². The molecule has 2 heteroatoms. The summed E-state index contributed by atoms with van der Waals surface area (Å²) in [5.41, 5.74) is 4.06. The second-order valence-corrected chi connectivity index (χ2v) is 6.01. The fourth-order valence-corrected chi connectivity index (χ4v) is 2.61. The molecule has 1 aliphatic rings. The number of hydrogen-bond acceptors (Lipinski definition) is 2. The molecule has 0 radical (unpaired) electrons. The zero-order valence-corrected chi connectivity index (χ0v) is 11.0. The SMILES string of the molecule is CC(Cc1cocc1CO)C1=CCC(C)(C)C1. The first-order valence-electron chi connectivity index (χ1n) is 6.35. The molecular formula is C15H22O2. The third kappa shape index (κ3) is 2.81. The van der Waals surface area contributed by atoms with Crippen LogP contribution in [-0.4, -0.2) is 5.11 Å². The Morgan fingerprint density at radius 3 is 2.65 bits per heavy atom. The van der Waals surface area contributed by atoms with E-state index in [2.05, 4.69) is 26.8 Å². The number of aliphatic hydroxyl groups is 1. The van der Waals surface area contributed by atoms with Crippen LogP contribution < -0.4 is 0 Å². The maximum Gasteiger partial charge on any atom is 0.0960 e. The van der Waals surface area contributed by atoms with E-state index in [1.54, 1.807) is 18.1 Å². The van der Waals surface area contributed by atoms with Crippen LogP contribution in [-0.2, 0) is 13.0 Å². The van der Waals surface area contributed by atoms with Gasteiger partial charge < -0.3 is 9.52 Å². The average Bonchev–Trinajstić information content (AvgIpc) is 2.84. The molecule has 0 saturated heterocycles. The normalized spacial score (nSPS) is 20.4. The number of furan rings is 1. The van der Waals surface area contributed by atoms with Gasteiger partial charge in [-0.25, -0.2) is 0 Å². The molecule has 0 saturated carbocycles. The van der Waals surface area contributed by atoms with Crippen molar-refractivity contribution in [3.05, 3.63) is 35.3 Å². The highest BCUT2D eigenvalue weighted by Gasteiger charge is 2.27. The molecule has 0 aliphatic heterocycles. The van der Waals surface area contributed by atoms with Gasteiger partial charge in [0, 0.05) is 5.56 Å². The van der Waals surface area contributed by atoms with Gasteiger partial charge in [0.15, 0.2) is 0 Å². The van der Waals surface area contributed by atoms with Crippen molar-refractivity contribution in [3.8, 4) is 0 Å². The summed E-state index contributed by atoms with van der Waals surface area (Å²) >= 11 is 0. The van der Waals surface area contributed by atoms with Gasteiger partial charge in [-0.1, -0.05) is 32.4 Å². The number of aliphatic hydroxyl groups excluding tert-OH is 1. The molecule has 0 spiro atoms. The Bertz CT molecular complexity index is 412. The minimum Gasteiger partial charge on any atom is -0.472 e. The van der Waals surface area contributed by atoms with Crippen molar-refractivity contribution in [2.45, 2.75) is 46.6 Å². The van der Waals surface area contributed by atoms with E-state index in [9.17, 15) is 5.11 Å². The van der Waals surface area contributed by atoms with Gasteiger partial charge in [-0.05, 0) is 36.2 Å². The van der Waals surface area contributed by atoms with Crippen LogP contribution in [0.5, 0.6) is 0 Å². The van der Waals surface area contributed by atoms with E-state index in [1.807, 2.05) is 0 Å². The van der Waals surface area contributed by atoms with E-state index in [-0.39, 0.29) is 6.61 Å². The second-order valence-electron chi connectivity index (χ2n) is 6.01. The third-order valence-electron chi connectivity index (χ3n) is 3.76. The van der Waals surface area contributed by atoms with Crippen LogP contribution >= 0.6 is 0 Å². The first kappa shape index (κ1) is 12.4. The van der Waals surface area contributed by atoms with E-state index in [0.717, 1.165) is 17.5 Å². The van der Waals surface area contributed by atoms with E-state index < -0.39 is 0 Å². The molecule has 2 rings (SSSR count). The van der Waals surface area contributed by atoms with E-state index in [0.29, 0.717) is 11.3 Å². The van der Waals surface area contributed by atoms with Crippen molar-refractivity contribution in [1.29, 1.82) is 0 Å². The van der Waals surface area contributed by atoms with Crippen LogP contribution in [0.1, 0.15) is 44.7 Å². The van der Waals surface area contributed by atoms with Crippen molar-refractivity contribution in [2.75, 3.05) is 0 Å². The zero-order chi connectivity index (χ0) is 12.5. The highest BCUT2D eigenvalue weighted by molar-refractivity contribution is 5.24. The molecule has 2 nitrogen and oxygen atoms in total. The minimum atomic E-state index is 0.0725. The first-order chi connectivity index (χ1) is 8.02. The summed E-state index contributed by atoms with van der Waals surface area (Å²) < 4.78 is 5.16. The van der Waals surface area contributed by atoms with Gasteiger partial charge in [0.25, 0.3) is 0 Å². The Labute approximate surface area is 103 Å². The lowest BCUT2D eigenvalue weighted by Crippen LogP contribution is -2.09. The Morgan fingerprint density at radius 2 is 2.06 bits per heavy atom. The molecule has 1 unspecified atom stereocenters. The van der Waals surface area contributed by atoms with Gasteiger partial charge in [0.05, 0.1) is 19.1 Å². The molecule has 1 heterocycles. The number of hydrogen-bond donors (Lipinski definition) is 1. The second kappa shape index (κ2) is 4.69. The molecule has 1 N–H and O–H groups in total. The summed E-state index contributed by atoms with van der Waals surface area (Å²) in [6.07, 6.45) is 9.15. The Hall–Kier alpha value is -1.02. The maximum absolute atomic E-state index is 9.19. The quantitative estimate of drug-likeness (QED) is 0.806. The molecule has 94 valence electrons. The van der Waals surface area contributed by atoms with Crippen molar-refractivity contribution in [3.63, 3.8) is 0 Å². The molecule has 1 aromatic heterocycles. The Balaban J connectivity index is 2.01. The summed E-state index contributed by atoms with van der Waals surface area (Å²) in [5.74, 6) is 0.541. The third-order valence-corrected chi connectivity index (χ3v) is 3.76. The minimum absolute atomic E-state index is 0.0725. The molecule has 0 fully saturated rings. The smallest absolute Gasteiger partial charge is 0.0960 e. The van der Waals surface area contributed by atoms with Crippen LogP contribution in [0.25, 0.3) is 0 Å². The van der Waals surface area contributed by atoms with Crippen LogP contribution in [0.4, 0.5) is 0 Å². The predicted molar refractivity (Wildman–Crippen MR) is 68.6 cm³/mol. The number of allylic oxidation sites excluding steroid dienone is 2. The van der Waals surface area contributed by atoms with Crippen molar-refractivity contribution >= 4 is 0 Å². The molecule has 1 aromatic rings. The maximum atomic E-state index is 9.19. The van der Waals surface area contributed by atoms with Crippen LogP contribution in [0.15, 0.2) is 28.6 Å². The summed E-state index contributed by atoms with van der Waals surface area (Å²) in [6.45, 7) is 6.98. The van der Waals surface area contributed by atoms with Crippen molar-refractivity contribution in [2.24, 2.45) is 11.3 Å². The molecule has 0 bridgehead atoms. The Kier molecular flexibility index (Phi) is 3.43. The van der Waals surface area contributed by atoms with E-state index in [1.165, 1.54) is 12.8 Å². The first-order valence-corrected chi connectivity index (χ1v) is 6.35. The Morgan fingerprint density at radius 1 is 1.35 bits per heavy atom. The topological polar surface area (TPSA) is 33.4 Å². The summed E-state index contributed by atoms with van der Waals surface area (Å²) in [5, 5.41) is 9.19. The van der Waals surface area contributed by atoms with Crippen LogP contribution in [0.2, 0.25) is 0 Å². The molecule has 0 aromatic carbocycles. The van der Waals surface area contributed by atoms with Crippen molar-refractivity contribution < 1.29 is 9.52 Å². The fourth-order valence-electron chi connectivity index (χ4n) is 2.61. The highest BCUT2D eigenvalue weighted by Crippen LogP contribution is 2.40. The van der Waals surface area contributed by atoms with Gasteiger partial charge in [0.1, 0.15) is 0 Å². The number of rotatable bonds is 4. The molecule has 1 atom stereocenters. The highest BCUT2D eigenvalue weighted by atomic mass is 16.3. The fraction of sp³-hybridized carbons (Fsp3) is 0.600. The lowest BCUT2D eigenvalue weighted by atomic mass is 9.85. The lowest BCUT2D eigenvalue weighted by Gasteiger charge is -2.19. The standard InChI is InChI=1S/C15H22O2/c1-11(12-4-5-15(2,3)7-12)6-13-9-17-10-14(13)8-16/h4,9-11,16H,5-8H2,1-3H3. The molecule has 17 heavy (non-hydrogen) atoms. The molecule has 0 amide bonds. The van der Waals surface area contributed by atoms with Gasteiger partial charge >= 0.3 is 0 Å². The molecular weight excluding hydrogens is 212 g/mol.